The monoisotopic (exact) mass is 689 g/mol. The van der Waals surface area contributed by atoms with Crippen molar-refractivity contribution >= 4 is 54.6 Å². The minimum atomic E-state index is 0.650. The summed E-state index contributed by atoms with van der Waals surface area (Å²) in [7, 11) is 0. The van der Waals surface area contributed by atoms with Crippen LogP contribution >= 0.6 is 0 Å². The molecule has 0 fully saturated rings. The lowest BCUT2D eigenvalue weighted by atomic mass is 9.95. The summed E-state index contributed by atoms with van der Waals surface area (Å²) in [5.41, 5.74) is 13.7. The third-order valence-electron chi connectivity index (χ3n) is 10.6. The van der Waals surface area contributed by atoms with Crippen LogP contribution in [0.4, 0.5) is 0 Å². The van der Waals surface area contributed by atoms with Gasteiger partial charge in [0.25, 0.3) is 0 Å². The van der Waals surface area contributed by atoms with Gasteiger partial charge in [-0.15, -0.1) is 0 Å². The molecule has 4 heteroatoms. The Balaban J connectivity index is 1.08. The zero-order valence-electron chi connectivity index (χ0n) is 29.1. The van der Waals surface area contributed by atoms with Gasteiger partial charge >= 0.3 is 0 Å². The lowest BCUT2D eigenvalue weighted by Gasteiger charge is -2.14. The molecule has 3 aromatic heterocycles. The number of fused-ring (bicyclic) bond motifs is 7. The van der Waals surface area contributed by atoms with Crippen LogP contribution in [0.2, 0.25) is 0 Å². The van der Waals surface area contributed by atoms with Crippen LogP contribution in [0.1, 0.15) is 0 Å². The van der Waals surface area contributed by atoms with Crippen molar-refractivity contribution in [3.8, 4) is 50.6 Å². The fourth-order valence-corrected chi connectivity index (χ4v) is 8.09. The summed E-state index contributed by atoms with van der Waals surface area (Å²) in [6.45, 7) is 0. The van der Waals surface area contributed by atoms with Crippen molar-refractivity contribution in [1.29, 1.82) is 0 Å². The Morgan fingerprint density at radius 3 is 1.80 bits per heavy atom. The Morgan fingerprint density at radius 1 is 0.370 bits per heavy atom. The Bertz CT molecular complexity index is 3230. The van der Waals surface area contributed by atoms with E-state index in [1.165, 1.54) is 5.39 Å². The van der Waals surface area contributed by atoms with Crippen LogP contribution < -0.4 is 0 Å². The van der Waals surface area contributed by atoms with E-state index in [0.717, 1.165) is 93.9 Å². The predicted octanol–water partition coefficient (Wildman–Crippen LogP) is 13.3. The summed E-state index contributed by atoms with van der Waals surface area (Å²) < 4.78 is 8.37. The second kappa shape index (κ2) is 12.1. The SMILES string of the molecule is c1ccc(-c2nc(-n3c4ccccc4c4cccc(-c5cccc(-c6cccc(-c7ccc8oc9ccccc9c8c7)c6)c5)c43)nc3ccccc23)cc1. The minimum absolute atomic E-state index is 0.650. The van der Waals surface area contributed by atoms with Gasteiger partial charge in [0, 0.05) is 38.1 Å². The van der Waals surface area contributed by atoms with E-state index in [1.807, 2.05) is 24.3 Å². The van der Waals surface area contributed by atoms with E-state index < -0.39 is 0 Å². The highest BCUT2D eigenvalue weighted by Crippen LogP contribution is 2.40. The van der Waals surface area contributed by atoms with Crippen LogP contribution in [0.3, 0.4) is 0 Å². The Morgan fingerprint density at radius 2 is 0.963 bits per heavy atom. The Labute approximate surface area is 311 Å². The molecule has 0 bridgehead atoms. The van der Waals surface area contributed by atoms with Gasteiger partial charge in [-0.2, -0.15) is 0 Å². The lowest BCUT2D eigenvalue weighted by Crippen LogP contribution is -2.04. The second-order valence-corrected chi connectivity index (χ2v) is 13.8. The maximum atomic E-state index is 6.11. The van der Waals surface area contributed by atoms with E-state index in [0.29, 0.717) is 5.95 Å². The van der Waals surface area contributed by atoms with Crippen LogP contribution in [0.25, 0.3) is 105 Å². The third kappa shape index (κ3) is 4.85. The van der Waals surface area contributed by atoms with Crippen LogP contribution in [0.15, 0.2) is 192 Å². The molecule has 0 aliphatic carbocycles. The minimum Gasteiger partial charge on any atom is -0.456 e. The summed E-state index contributed by atoms with van der Waals surface area (Å²) in [6.07, 6.45) is 0. The highest BCUT2D eigenvalue weighted by Gasteiger charge is 2.20. The maximum Gasteiger partial charge on any atom is 0.235 e. The van der Waals surface area contributed by atoms with Gasteiger partial charge in [0.2, 0.25) is 5.95 Å². The molecule has 0 atom stereocenters. The first-order chi connectivity index (χ1) is 26.8. The van der Waals surface area contributed by atoms with Crippen LogP contribution in [0.5, 0.6) is 0 Å². The standard InChI is InChI=1S/C50H31N3O/c1-2-13-32(14-3-1)48-42-21-4-7-24-44(42)51-50(52-48)53-45-25-8-5-19-39(45)41-23-12-22-38(49(41)53)37-18-11-17-35(30-37)33-15-10-16-34(29-33)36-27-28-47-43(31-36)40-20-6-9-26-46(40)54-47/h1-31H. The van der Waals surface area contributed by atoms with Crippen molar-refractivity contribution in [3.05, 3.63) is 188 Å². The summed E-state index contributed by atoms with van der Waals surface area (Å²) in [6, 6.07) is 66.2. The van der Waals surface area contributed by atoms with Crippen molar-refractivity contribution < 1.29 is 4.42 Å². The first kappa shape index (κ1) is 30.3. The van der Waals surface area contributed by atoms with Gasteiger partial charge in [-0.05, 0) is 70.3 Å². The normalized spacial score (nSPS) is 11.7. The first-order valence-corrected chi connectivity index (χ1v) is 18.2. The van der Waals surface area contributed by atoms with Crippen molar-refractivity contribution in [2.45, 2.75) is 0 Å². The Kier molecular flexibility index (Phi) is 6.82. The number of para-hydroxylation sites is 4. The quantitative estimate of drug-likeness (QED) is 0.181. The molecule has 3 heterocycles. The average molecular weight is 690 g/mol. The molecule has 0 spiro atoms. The maximum absolute atomic E-state index is 6.11. The fourth-order valence-electron chi connectivity index (χ4n) is 8.09. The van der Waals surface area contributed by atoms with Crippen molar-refractivity contribution in [2.24, 2.45) is 0 Å². The third-order valence-corrected chi connectivity index (χ3v) is 10.6. The van der Waals surface area contributed by atoms with E-state index in [1.54, 1.807) is 0 Å². The number of rotatable bonds is 5. The molecule has 54 heavy (non-hydrogen) atoms. The molecule has 8 aromatic carbocycles. The number of benzene rings is 8. The highest BCUT2D eigenvalue weighted by atomic mass is 16.3. The number of hydrogen-bond donors (Lipinski definition) is 0. The average Bonchev–Trinajstić information content (AvgIpc) is 3.79. The zero-order valence-corrected chi connectivity index (χ0v) is 29.1. The molecule has 4 nitrogen and oxygen atoms in total. The van der Waals surface area contributed by atoms with Gasteiger partial charge in [-0.3, -0.25) is 4.57 Å². The van der Waals surface area contributed by atoms with Crippen LogP contribution in [-0.4, -0.2) is 14.5 Å². The fraction of sp³-hybridized carbons (Fsp3) is 0. The van der Waals surface area contributed by atoms with Gasteiger partial charge in [-0.1, -0.05) is 146 Å². The topological polar surface area (TPSA) is 43.9 Å². The summed E-state index contributed by atoms with van der Waals surface area (Å²) in [5.74, 6) is 0.650. The molecule has 0 aliphatic heterocycles. The van der Waals surface area contributed by atoms with Crippen LogP contribution in [0, 0.1) is 0 Å². The van der Waals surface area contributed by atoms with Gasteiger partial charge < -0.3 is 4.42 Å². The molecular weight excluding hydrogens is 659 g/mol. The summed E-state index contributed by atoms with van der Waals surface area (Å²) >= 11 is 0. The predicted molar refractivity (Wildman–Crippen MR) is 223 cm³/mol. The van der Waals surface area contributed by atoms with Gasteiger partial charge in [0.05, 0.1) is 22.2 Å². The van der Waals surface area contributed by atoms with Gasteiger partial charge in [-0.25, -0.2) is 9.97 Å². The van der Waals surface area contributed by atoms with E-state index >= 15 is 0 Å². The van der Waals surface area contributed by atoms with Gasteiger partial charge in [0.15, 0.2) is 0 Å². The molecule has 0 saturated heterocycles. The molecule has 11 rings (SSSR count). The Hall–Kier alpha value is -7.30. The highest BCUT2D eigenvalue weighted by molar-refractivity contribution is 6.14. The second-order valence-electron chi connectivity index (χ2n) is 13.8. The summed E-state index contributed by atoms with van der Waals surface area (Å²) in [4.78, 5) is 10.6. The van der Waals surface area contributed by atoms with Crippen LogP contribution in [-0.2, 0) is 0 Å². The number of hydrogen-bond acceptors (Lipinski definition) is 3. The molecule has 11 aromatic rings. The lowest BCUT2D eigenvalue weighted by molar-refractivity contribution is 0.669. The van der Waals surface area contributed by atoms with E-state index in [2.05, 4.69) is 168 Å². The molecule has 0 saturated carbocycles. The smallest absolute Gasteiger partial charge is 0.235 e. The molecule has 0 radical (unpaired) electrons. The van der Waals surface area contributed by atoms with E-state index in [-0.39, 0.29) is 0 Å². The molecule has 0 unspecified atom stereocenters. The van der Waals surface area contributed by atoms with Crippen molar-refractivity contribution in [3.63, 3.8) is 0 Å². The number of aromatic nitrogens is 3. The number of furan rings is 1. The van der Waals surface area contributed by atoms with E-state index in [9.17, 15) is 0 Å². The molecule has 252 valence electrons. The molecule has 0 aliphatic rings. The first-order valence-electron chi connectivity index (χ1n) is 18.2. The molecular formula is C50H31N3O. The molecule has 0 N–H and O–H groups in total. The summed E-state index contributed by atoms with van der Waals surface area (Å²) in [5, 5.41) is 5.62. The molecule has 0 amide bonds. The van der Waals surface area contributed by atoms with E-state index in [4.69, 9.17) is 14.4 Å². The largest absolute Gasteiger partial charge is 0.456 e. The van der Waals surface area contributed by atoms with Gasteiger partial charge in [0.1, 0.15) is 11.2 Å². The number of nitrogens with zero attached hydrogens (tertiary/aromatic N) is 3. The zero-order chi connectivity index (χ0) is 35.6. The van der Waals surface area contributed by atoms with Crippen molar-refractivity contribution in [1.82, 2.24) is 14.5 Å². The van der Waals surface area contributed by atoms with Crippen molar-refractivity contribution in [2.75, 3.05) is 0 Å².